The molecule has 1 aliphatic rings. The van der Waals surface area contributed by atoms with Crippen molar-refractivity contribution in [2.45, 2.75) is 27.2 Å². The molecule has 2 heterocycles. The summed E-state index contributed by atoms with van der Waals surface area (Å²) in [6, 6.07) is 5.78. The molecule has 3 rings (SSSR count). The number of hydrogen-bond donors (Lipinski definition) is 1. The van der Waals surface area contributed by atoms with E-state index < -0.39 is 5.97 Å². The van der Waals surface area contributed by atoms with Crippen LogP contribution in [0.15, 0.2) is 18.2 Å². The molecule has 0 spiro atoms. The third-order valence-corrected chi connectivity index (χ3v) is 5.41. The predicted molar refractivity (Wildman–Crippen MR) is 99.2 cm³/mol. The average Bonchev–Trinajstić information content (AvgIpc) is 3.19. The lowest BCUT2D eigenvalue weighted by Crippen LogP contribution is -2.18. The zero-order valence-corrected chi connectivity index (χ0v) is 16.0. The normalized spacial score (nSPS) is 12.3. The van der Waals surface area contributed by atoms with Crippen LogP contribution < -0.4 is 14.8 Å². The first-order valence-corrected chi connectivity index (χ1v) is 9.12. The van der Waals surface area contributed by atoms with Crippen LogP contribution in [0.2, 0.25) is 0 Å². The first-order chi connectivity index (χ1) is 12.4. The third-order valence-electron chi connectivity index (χ3n) is 4.20. The third kappa shape index (κ3) is 3.53. The summed E-state index contributed by atoms with van der Waals surface area (Å²) >= 11 is 1.40. The number of fused-ring (bicyclic) bond motifs is 1. The van der Waals surface area contributed by atoms with Crippen LogP contribution in [0.25, 0.3) is 0 Å². The standard InChI is InChI=1S/C19H21NO5S/c1-10(2)17(21)20-18-16(19(22)23-4)11(3)15(26-18)8-12-5-6-13-14(7-12)25-9-24-13/h5-7,10H,8-9H2,1-4H3,(H,20,21). The second-order valence-corrected chi connectivity index (χ2v) is 7.46. The Bertz CT molecular complexity index is 856. The van der Waals surface area contributed by atoms with E-state index in [9.17, 15) is 9.59 Å². The average molecular weight is 375 g/mol. The van der Waals surface area contributed by atoms with Crippen LogP contribution in [0.5, 0.6) is 11.5 Å². The van der Waals surface area contributed by atoms with Crippen molar-refractivity contribution in [3.05, 3.63) is 39.8 Å². The van der Waals surface area contributed by atoms with Crippen LogP contribution in [-0.4, -0.2) is 25.8 Å². The second-order valence-electron chi connectivity index (χ2n) is 6.35. The number of carbonyl (C=O) groups is 2. The highest BCUT2D eigenvalue weighted by atomic mass is 32.1. The molecule has 1 aromatic heterocycles. The fraction of sp³-hybridized carbons (Fsp3) is 0.368. The largest absolute Gasteiger partial charge is 0.465 e. The summed E-state index contributed by atoms with van der Waals surface area (Å²) in [6.45, 7) is 5.72. The predicted octanol–water partition coefficient (Wildman–Crippen LogP) is 3.76. The van der Waals surface area contributed by atoms with E-state index in [-0.39, 0.29) is 18.6 Å². The number of carbonyl (C=O) groups excluding carboxylic acids is 2. The molecule has 0 fully saturated rings. The molecule has 7 heteroatoms. The maximum Gasteiger partial charge on any atom is 0.341 e. The molecule has 0 saturated carbocycles. The molecule has 6 nitrogen and oxygen atoms in total. The number of thiophene rings is 1. The van der Waals surface area contributed by atoms with Gasteiger partial charge in [-0.05, 0) is 30.2 Å². The van der Waals surface area contributed by atoms with E-state index in [2.05, 4.69) is 5.32 Å². The van der Waals surface area contributed by atoms with Gasteiger partial charge in [0.15, 0.2) is 11.5 Å². The van der Waals surface area contributed by atoms with Gasteiger partial charge in [-0.1, -0.05) is 19.9 Å². The smallest absolute Gasteiger partial charge is 0.341 e. The molecule has 0 bridgehead atoms. The molecule has 1 amide bonds. The lowest BCUT2D eigenvalue weighted by atomic mass is 10.1. The monoisotopic (exact) mass is 375 g/mol. The Morgan fingerprint density at radius 1 is 1.27 bits per heavy atom. The highest BCUT2D eigenvalue weighted by molar-refractivity contribution is 7.17. The second kappa shape index (κ2) is 7.37. The topological polar surface area (TPSA) is 73.9 Å². The Labute approximate surface area is 156 Å². The van der Waals surface area contributed by atoms with Crippen molar-refractivity contribution >= 4 is 28.2 Å². The SMILES string of the molecule is COC(=O)c1c(NC(=O)C(C)C)sc(Cc2ccc3c(c2)OCO3)c1C. The van der Waals surface area contributed by atoms with Crippen molar-refractivity contribution in [3.8, 4) is 11.5 Å². The van der Waals surface area contributed by atoms with Crippen molar-refractivity contribution in [1.82, 2.24) is 0 Å². The van der Waals surface area contributed by atoms with E-state index in [4.69, 9.17) is 14.2 Å². The number of amides is 1. The Morgan fingerprint density at radius 2 is 2.00 bits per heavy atom. The summed E-state index contributed by atoms with van der Waals surface area (Å²) in [7, 11) is 1.34. The van der Waals surface area contributed by atoms with Gasteiger partial charge in [0.25, 0.3) is 0 Å². The van der Waals surface area contributed by atoms with Gasteiger partial charge in [-0.15, -0.1) is 11.3 Å². The molecule has 1 aromatic carbocycles. The number of methoxy groups -OCH3 is 1. The van der Waals surface area contributed by atoms with E-state index >= 15 is 0 Å². The molecular formula is C19H21NO5S. The number of ether oxygens (including phenoxy) is 3. The number of rotatable bonds is 5. The molecule has 0 radical (unpaired) electrons. The van der Waals surface area contributed by atoms with Gasteiger partial charge in [-0.25, -0.2) is 4.79 Å². The number of anilines is 1. The number of hydrogen-bond acceptors (Lipinski definition) is 6. The minimum atomic E-state index is -0.449. The van der Waals surface area contributed by atoms with Gasteiger partial charge in [0, 0.05) is 17.2 Å². The first kappa shape index (κ1) is 18.3. The van der Waals surface area contributed by atoms with E-state index in [1.807, 2.05) is 25.1 Å². The Morgan fingerprint density at radius 3 is 2.69 bits per heavy atom. The van der Waals surface area contributed by atoms with Gasteiger partial charge < -0.3 is 19.5 Å². The first-order valence-electron chi connectivity index (χ1n) is 8.30. The molecule has 1 N–H and O–H groups in total. The minimum Gasteiger partial charge on any atom is -0.465 e. The van der Waals surface area contributed by atoms with Crippen molar-refractivity contribution in [2.75, 3.05) is 19.2 Å². The van der Waals surface area contributed by atoms with E-state index in [1.165, 1.54) is 18.4 Å². The molecule has 1 aliphatic heterocycles. The highest BCUT2D eigenvalue weighted by Gasteiger charge is 2.24. The van der Waals surface area contributed by atoms with Crippen molar-refractivity contribution < 1.29 is 23.8 Å². The Balaban J connectivity index is 1.93. The summed E-state index contributed by atoms with van der Waals surface area (Å²) in [5.74, 6) is 0.691. The zero-order chi connectivity index (χ0) is 18.8. The van der Waals surface area contributed by atoms with Crippen LogP contribution in [0, 0.1) is 12.8 Å². The molecule has 0 aliphatic carbocycles. The van der Waals surface area contributed by atoms with Crippen LogP contribution in [-0.2, 0) is 16.0 Å². The van der Waals surface area contributed by atoms with E-state index in [0.717, 1.165) is 27.5 Å². The van der Waals surface area contributed by atoms with Crippen LogP contribution in [0.4, 0.5) is 5.00 Å². The van der Waals surface area contributed by atoms with Crippen LogP contribution >= 0.6 is 11.3 Å². The fourth-order valence-corrected chi connectivity index (χ4v) is 3.89. The van der Waals surface area contributed by atoms with Gasteiger partial charge >= 0.3 is 5.97 Å². The van der Waals surface area contributed by atoms with Gasteiger partial charge in [0.2, 0.25) is 12.7 Å². The summed E-state index contributed by atoms with van der Waals surface area (Å²) in [6.07, 6.45) is 0.620. The molecule has 138 valence electrons. The molecule has 0 unspecified atom stereocenters. The summed E-state index contributed by atoms with van der Waals surface area (Å²) in [4.78, 5) is 25.3. The Kier molecular flexibility index (Phi) is 5.18. The molecule has 0 saturated heterocycles. The number of nitrogens with one attached hydrogen (secondary N) is 1. The Hall–Kier alpha value is -2.54. The number of esters is 1. The zero-order valence-electron chi connectivity index (χ0n) is 15.2. The lowest BCUT2D eigenvalue weighted by Gasteiger charge is -2.07. The van der Waals surface area contributed by atoms with Gasteiger partial charge in [0.1, 0.15) is 5.00 Å². The van der Waals surface area contributed by atoms with Crippen LogP contribution in [0.3, 0.4) is 0 Å². The summed E-state index contributed by atoms with van der Waals surface area (Å²) in [5.41, 5.74) is 2.28. The highest BCUT2D eigenvalue weighted by Crippen LogP contribution is 2.37. The molecule has 26 heavy (non-hydrogen) atoms. The van der Waals surface area contributed by atoms with E-state index in [1.54, 1.807) is 13.8 Å². The van der Waals surface area contributed by atoms with E-state index in [0.29, 0.717) is 17.0 Å². The van der Waals surface area contributed by atoms with Gasteiger partial charge in [-0.3, -0.25) is 4.79 Å². The molecule has 2 aromatic rings. The van der Waals surface area contributed by atoms with Crippen molar-refractivity contribution in [1.29, 1.82) is 0 Å². The van der Waals surface area contributed by atoms with Gasteiger partial charge in [0.05, 0.1) is 12.7 Å². The number of benzene rings is 1. The quantitative estimate of drug-likeness (QED) is 0.806. The maximum absolute atomic E-state index is 12.2. The van der Waals surface area contributed by atoms with Crippen LogP contribution in [0.1, 0.15) is 40.2 Å². The summed E-state index contributed by atoms with van der Waals surface area (Å²) < 4.78 is 15.7. The summed E-state index contributed by atoms with van der Waals surface area (Å²) in [5, 5.41) is 3.38. The minimum absolute atomic E-state index is 0.133. The van der Waals surface area contributed by atoms with Crippen molar-refractivity contribution in [3.63, 3.8) is 0 Å². The maximum atomic E-state index is 12.2. The van der Waals surface area contributed by atoms with Crippen molar-refractivity contribution in [2.24, 2.45) is 5.92 Å². The molecule has 0 atom stereocenters. The molecular weight excluding hydrogens is 354 g/mol. The fourth-order valence-electron chi connectivity index (χ4n) is 2.66. The lowest BCUT2D eigenvalue weighted by molar-refractivity contribution is -0.118. The van der Waals surface area contributed by atoms with Gasteiger partial charge in [-0.2, -0.15) is 0 Å².